The predicted octanol–water partition coefficient (Wildman–Crippen LogP) is 3.52. The number of amides is 2. The van der Waals surface area contributed by atoms with Gasteiger partial charge in [0.25, 0.3) is 5.91 Å². The van der Waals surface area contributed by atoms with E-state index in [4.69, 9.17) is 9.26 Å². The molecule has 0 aliphatic rings. The standard InChI is InChI=1S/C21H29N3O4/c1-3-4-5-7-17-8-10-18(11-9-17)21(26)24(13-6-14-27-2)16-20(25)22-19-12-15-28-23-19/h8-12,15H,3-7,13-14,16H2,1-2H3,(H,22,23,25). The summed E-state index contributed by atoms with van der Waals surface area (Å²) in [6.07, 6.45) is 6.57. The number of rotatable bonds is 12. The topological polar surface area (TPSA) is 84.7 Å². The second-order valence-corrected chi connectivity index (χ2v) is 6.66. The Kier molecular flexibility index (Phi) is 9.21. The van der Waals surface area contributed by atoms with E-state index in [0.717, 1.165) is 12.8 Å². The Morgan fingerprint density at radius 3 is 2.57 bits per heavy atom. The highest BCUT2D eigenvalue weighted by Gasteiger charge is 2.19. The summed E-state index contributed by atoms with van der Waals surface area (Å²) in [7, 11) is 1.61. The van der Waals surface area contributed by atoms with Crippen molar-refractivity contribution < 1.29 is 18.8 Å². The van der Waals surface area contributed by atoms with Crippen LogP contribution in [0.15, 0.2) is 41.1 Å². The molecule has 0 saturated carbocycles. The number of aromatic nitrogens is 1. The average molecular weight is 387 g/mol. The third-order valence-corrected chi connectivity index (χ3v) is 4.37. The molecule has 152 valence electrons. The van der Waals surface area contributed by atoms with E-state index >= 15 is 0 Å². The van der Waals surface area contributed by atoms with Gasteiger partial charge in [-0.15, -0.1) is 0 Å². The molecule has 0 spiro atoms. The highest BCUT2D eigenvalue weighted by Crippen LogP contribution is 2.12. The van der Waals surface area contributed by atoms with Crippen LogP contribution in [-0.4, -0.2) is 48.7 Å². The molecule has 1 aromatic carbocycles. The molecular weight excluding hydrogens is 358 g/mol. The minimum absolute atomic E-state index is 0.0618. The fourth-order valence-electron chi connectivity index (χ4n) is 2.86. The van der Waals surface area contributed by atoms with E-state index in [2.05, 4.69) is 17.4 Å². The van der Waals surface area contributed by atoms with E-state index in [1.54, 1.807) is 13.2 Å². The predicted molar refractivity (Wildman–Crippen MR) is 107 cm³/mol. The number of hydrogen-bond donors (Lipinski definition) is 1. The molecule has 0 atom stereocenters. The number of benzene rings is 1. The number of carbonyl (C=O) groups is 2. The molecule has 0 fully saturated rings. The first kappa shape index (κ1) is 21.6. The number of nitrogens with zero attached hydrogens (tertiary/aromatic N) is 2. The van der Waals surface area contributed by atoms with Gasteiger partial charge in [0, 0.05) is 31.9 Å². The molecule has 0 aliphatic heterocycles. The molecular formula is C21H29N3O4. The maximum absolute atomic E-state index is 12.9. The van der Waals surface area contributed by atoms with E-state index in [1.807, 2.05) is 24.3 Å². The molecule has 7 nitrogen and oxygen atoms in total. The first-order chi connectivity index (χ1) is 13.6. The Labute approximate surface area is 166 Å². The maximum atomic E-state index is 12.9. The van der Waals surface area contributed by atoms with E-state index in [1.165, 1.54) is 29.6 Å². The van der Waals surface area contributed by atoms with Crippen LogP contribution < -0.4 is 5.32 Å². The normalized spacial score (nSPS) is 10.6. The Morgan fingerprint density at radius 2 is 1.93 bits per heavy atom. The molecule has 7 heteroatoms. The first-order valence-electron chi connectivity index (χ1n) is 9.71. The van der Waals surface area contributed by atoms with Gasteiger partial charge in [0.2, 0.25) is 5.91 Å². The number of hydrogen-bond acceptors (Lipinski definition) is 5. The lowest BCUT2D eigenvalue weighted by molar-refractivity contribution is -0.117. The summed E-state index contributed by atoms with van der Waals surface area (Å²) < 4.78 is 9.77. The fraction of sp³-hybridized carbons (Fsp3) is 0.476. The Hall–Kier alpha value is -2.67. The fourth-order valence-corrected chi connectivity index (χ4v) is 2.86. The van der Waals surface area contributed by atoms with Gasteiger partial charge in [0.15, 0.2) is 5.82 Å². The van der Waals surface area contributed by atoms with Gasteiger partial charge in [-0.3, -0.25) is 9.59 Å². The Bertz CT molecular complexity index is 714. The Morgan fingerprint density at radius 1 is 1.14 bits per heavy atom. The molecule has 1 aromatic heterocycles. The molecule has 0 unspecified atom stereocenters. The van der Waals surface area contributed by atoms with Gasteiger partial charge in [-0.2, -0.15) is 0 Å². The lowest BCUT2D eigenvalue weighted by atomic mass is 10.0. The molecule has 0 aliphatic carbocycles. The molecule has 28 heavy (non-hydrogen) atoms. The van der Waals surface area contributed by atoms with Crippen molar-refractivity contribution in [2.24, 2.45) is 0 Å². The van der Waals surface area contributed by atoms with Crippen LogP contribution in [0.5, 0.6) is 0 Å². The zero-order valence-electron chi connectivity index (χ0n) is 16.6. The van der Waals surface area contributed by atoms with E-state index < -0.39 is 0 Å². The number of ether oxygens (including phenoxy) is 1. The van der Waals surface area contributed by atoms with Crippen molar-refractivity contribution in [1.29, 1.82) is 0 Å². The van der Waals surface area contributed by atoms with E-state index in [0.29, 0.717) is 31.0 Å². The molecule has 0 bridgehead atoms. The van der Waals surface area contributed by atoms with Crippen molar-refractivity contribution in [2.45, 2.75) is 39.0 Å². The van der Waals surface area contributed by atoms with Gasteiger partial charge >= 0.3 is 0 Å². The summed E-state index contributed by atoms with van der Waals surface area (Å²) in [5.74, 6) is -0.173. The van der Waals surface area contributed by atoms with Crippen LogP contribution in [0.1, 0.15) is 48.5 Å². The van der Waals surface area contributed by atoms with Crippen LogP contribution in [0.4, 0.5) is 5.82 Å². The number of nitrogens with one attached hydrogen (secondary N) is 1. The van der Waals surface area contributed by atoms with Crippen LogP contribution in [0.25, 0.3) is 0 Å². The largest absolute Gasteiger partial charge is 0.385 e. The maximum Gasteiger partial charge on any atom is 0.254 e. The van der Waals surface area contributed by atoms with E-state index in [9.17, 15) is 9.59 Å². The van der Waals surface area contributed by atoms with Gasteiger partial charge in [-0.1, -0.05) is 37.1 Å². The van der Waals surface area contributed by atoms with Crippen molar-refractivity contribution >= 4 is 17.6 Å². The quantitative estimate of drug-likeness (QED) is 0.563. The monoisotopic (exact) mass is 387 g/mol. The summed E-state index contributed by atoms with van der Waals surface area (Å²) in [5, 5.41) is 6.27. The summed E-state index contributed by atoms with van der Waals surface area (Å²) >= 11 is 0. The smallest absolute Gasteiger partial charge is 0.254 e. The van der Waals surface area contributed by atoms with Gasteiger partial charge in [0.05, 0.1) is 0 Å². The molecule has 0 saturated heterocycles. The molecule has 2 rings (SSSR count). The summed E-state index contributed by atoms with van der Waals surface area (Å²) in [6, 6.07) is 9.20. The SMILES string of the molecule is CCCCCc1ccc(C(=O)N(CCCOC)CC(=O)Nc2ccon2)cc1. The number of aryl methyl sites for hydroxylation is 1. The first-order valence-corrected chi connectivity index (χ1v) is 9.71. The number of unbranched alkanes of at least 4 members (excludes halogenated alkanes) is 2. The number of anilines is 1. The third-order valence-electron chi connectivity index (χ3n) is 4.37. The molecule has 2 aromatic rings. The van der Waals surface area contributed by atoms with Crippen molar-refractivity contribution in [3.8, 4) is 0 Å². The van der Waals surface area contributed by atoms with Crippen LogP contribution in [0, 0.1) is 0 Å². The second-order valence-electron chi connectivity index (χ2n) is 6.66. The number of methoxy groups -OCH3 is 1. The van der Waals surface area contributed by atoms with Crippen LogP contribution in [-0.2, 0) is 16.0 Å². The highest BCUT2D eigenvalue weighted by atomic mass is 16.5. The van der Waals surface area contributed by atoms with Crippen molar-refractivity contribution in [3.63, 3.8) is 0 Å². The zero-order valence-corrected chi connectivity index (χ0v) is 16.6. The minimum atomic E-state index is -0.323. The molecule has 2 amide bonds. The number of carbonyl (C=O) groups excluding carboxylic acids is 2. The van der Waals surface area contributed by atoms with Crippen LogP contribution >= 0.6 is 0 Å². The third kappa shape index (κ3) is 7.15. The molecule has 0 radical (unpaired) electrons. The second kappa shape index (κ2) is 11.9. The molecule has 1 heterocycles. The lowest BCUT2D eigenvalue weighted by Crippen LogP contribution is -2.39. The van der Waals surface area contributed by atoms with E-state index in [-0.39, 0.29) is 18.4 Å². The lowest BCUT2D eigenvalue weighted by Gasteiger charge is -2.22. The van der Waals surface area contributed by atoms with Gasteiger partial charge < -0.3 is 19.5 Å². The van der Waals surface area contributed by atoms with Crippen LogP contribution in [0.3, 0.4) is 0 Å². The summed E-state index contributed by atoms with van der Waals surface area (Å²) in [4.78, 5) is 26.7. The Balaban J connectivity index is 1.99. The zero-order chi connectivity index (χ0) is 20.2. The summed E-state index contributed by atoms with van der Waals surface area (Å²) in [5.41, 5.74) is 1.80. The van der Waals surface area contributed by atoms with Gasteiger partial charge in [-0.05, 0) is 37.0 Å². The van der Waals surface area contributed by atoms with Gasteiger partial charge in [0.1, 0.15) is 12.8 Å². The van der Waals surface area contributed by atoms with Crippen molar-refractivity contribution in [2.75, 3.05) is 32.1 Å². The highest BCUT2D eigenvalue weighted by molar-refractivity contribution is 5.99. The van der Waals surface area contributed by atoms with Gasteiger partial charge in [-0.25, -0.2) is 0 Å². The van der Waals surface area contributed by atoms with Crippen LogP contribution in [0.2, 0.25) is 0 Å². The minimum Gasteiger partial charge on any atom is -0.385 e. The summed E-state index contributed by atoms with van der Waals surface area (Å²) in [6.45, 7) is 3.06. The average Bonchev–Trinajstić information content (AvgIpc) is 3.20. The van der Waals surface area contributed by atoms with Crippen molar-refractivity contribution in [1.82, 2.24) is 10.1 Å². The molecule has 1 N–H and O–H groups in total. The van der Waals surface area contributed by atoms with Crippen molar-refractivity contribution in [3.05, 3.63) is 47.7 Å².